The molecule has 20 heavy (non-hydrogen) atoms. The van der Waals surface area contributed by atoms with Crippen molar-refractivity contribution in [3.05, 3.63) is 36.0 Å². The molecule has 1 heterocycles. The summed E-state index contributed by atoms with van der Waals surface area (Å²) in [5.41, 5.74) is 2.54. The number of nitrogens with one attached hydrogen (secondary N) is 1. The van der Waals surface area contributed by atoms with E-state index in [2.05, 4.69) is 49.7 Å². The summed E-state index contributed by atoms with van der Waals surface area (Å²) >= 11 is 0. The highest BCUT2D eigenvalue weighted by molar-refractivity contribution is 5.46. The van der Waals surface area contributed by atoms with Crippen LogP contribution in [-0.2, 0) is 12.0 Å². The van der Waals surface area contributed by atoms with Gasteiger partial charge in [-0.3, -0.25) is 0 Å². The quantitative estimate of drug-likeness (QED) is 0.806. The number of hydrogen-bond donors (Lipinski definition) is 1. The average Bonchev–Trinajstić information content (AvgIpc) is 3.19. The van der Waals surface area contributed by atoms with Crippen LogP contribution in [0.25, 0.3) is 0 Å². The summed E-state index contributed by atoms with van der Waals surface area (Å²) in [4.78, 5) is 7.31. The maximum Gasteiger partial charge on any atom is 0.129 e. The molecule has 0 amide bonds. The van der Waals surface area contributed by atoms with Crippen LogP contribution in [0, 0.1) is 0 Å². The summed E-state index contributed by atoms with van der Waals surface area (Å²) in [5.74, 6) is 1.10. The predicted octanol–water partition coefficient (Wildman–Crippen LogP) is 3.25. The second-order valence-electron chi connectivity index (χ2n) is 6.67. The Bertz CT molecular complexity index is 470. The molecule has 0 spiro atoms. The van der Waals surface area contributed by atoms with E-state index in [1.165, 1.54) is 18.4 Å². The standard InChI is InChI=1S/C17H27N3/c1-6-9-20(14-7-8-14)16-11-13(12-18-5)10-15(19-16)17(2,3)4/h6,10-11,14,18H,1,7-9,12H2,2-5H3. The van der Waals surface area contributed by atoms with E-state index in [0.29, 0.717) is 6.04 Å². The fraction of sp³-hybridized carbons (Fsp3) is 0.588. The van der Waals surface area contributed by atoms with Crippen LogP contribution in [0.5, 0.6) is 0 Å². The molecule has 3 heteroatoms. The van der Waals surface area contributed by atoms with Crippen LogP contribution >= 0.6 is 0 Å². The fourth-order valence-electron chi connectivity index (χ4n) is 2.36. The second kappa shape index (κ2) is 5.96. The van der Waals surface area contributed by atoms with Gasteiger partial charge in [0, 0.05) is 30.2 Å². The summed E-state index contributed by atoms with van der Waals surface area (Å²) in [6, 6.07) is 5.09. The van der Waals surface area contributed by atoms with E-state index in [0.717, 1.165) is 24.6 Å². The Hall–Kier alpha value is -1.35. The molecule has 1 aliphatic rings. The smallest absolute Gasteiger partial charge is 0.129 e. The molecule has 1 N–H and O–H groups in total. The molecule has 3 nitrogen and oxygen atoms in total. The molecule has 0 bridgehead atoms. The maximum atomic E-state index is 4.92. The zero-order chi connectivity index (χ0) is 14.8. The summed E-state index contributed by atoms with van der Waals surface area (Å²) in [5, 5.41) is 3.24. The molecule has 2 rings (SSSR count). The van der Waals surface area contributed by atoms with Gasteiger partial charge < -0.3 is 10.2 Å². The minimum Gasteiger partial charge on any atom is -0.350 e. The van der Waals surface area contributed by atoms with Gasteiger partial charge in [-0.15, -0.1) is 6.58 Å². The molecule has 0 saturated heterocycles. The molecule has 0 aliphatic heterocycles. The Morgan fingerprint density at radius 1 is 1.40 bits per heavy atom. The van der Waals surface area contributed by atoms with Crippen molar-refractivity contribution in [1.29, 1.82) is 0 Å². The van der Waals surface area contributed by atoms with Crippen molar-refractivity contribution < 1.29 is 0 Å². The topological polar surface area (TPSA) is 28.2 Å². The van der Waals surface area contributed by atoms with Crippen LogP contribution in [0.4, 0.5) is 5.82 Å². The molecule has 0 aromatic carbocycles. The average molecular weight is 273 g/mol. The molecule has 0 atom stereocenters. The van der Waals surface area contributed by atoms with E-state index in [9.17, 15) is 0 Å². The van der Waals surface area contributed by atoms with Gasteiger partial charge in [-0.25, -0.2) is 4.98 Å². The van der Waals surface area contributed by atoms with Gasteiger partial charge in [-0.05, 0) is 37.6 Å². The zero-order valence-electron chi connectivity index (χ0n) is 13.2. The lowest BCUT2D eigenvalue weighted by Gasteiger charge is -2.26. The number of nitrogens with zero attached hydrogens (tertiary/aromatic N) is 2. The Morgan fingerprint density at radius 2 is 2.10 bits per heavy atom. The summed E-state index contributed by atoms with van der Waals surface area (Å²) < 4.78 is 0. The van der Waals surface area contributed by atoms with Gasteiger partial charge in [0.2, 0.25) is 0 Å². The summed E-state index contributed by atoms with van der Waals surface area (Å²) in [6.45, 7) is 12.3. The van der Waals surface area contributed by atoms with Crippen LogP contribution < -0.4 is 10.2 Å². The van der Waals surface area contributed by atoms with Gasteiger partial charge >= 0.3 is 0 Å². The first-order chi connectivity index (χ1) is 9.45. The van der Waals surface area contributed by atoms with Gasteiger partial charge in [-0.2, -0.15) is 0 Å². The second-order valence-corrected chi connectivity index (χ2v) is 6.67. The predicted molar refractivity (Wildman–Crippen MR) is 86.3 cm³/mol. The first-order valence-electron chi connectivity index (χ1n) is 7.49. The van der Waals surface area contributed by atoms with Gasteiger partial charge in [-0.1, -0.05) is 26.8 Å². The van der Waals surface area contributed by atoms with E-state index in [-0.39, 0.29) is 5.41 Å². The van der Waals surface area contributed by atoms with Gasteiger partial charge in [0.15, 0.2) is 0 Å². The van der Waals surface area contributed by atoms with E-state index < -0.39 is 0 Å². The molecular formula is C17H27N3. The van der Waals surface area contributed by atoms with Crippen LogP contribution in [0.1, 0.15) is 44.9 Å². The van der Waals surface area contributed by atoms with E-state index in [1.807, 2.05) is 13.1 Å². The molecular weight excluding hydrogens is 246 g/mol. The third-order valence-corrected chi connectivity index (χ3v) is 3.63. The highest BCUT2D eigenvalue weighted by atomic mass is 15.2. The number of anilines is 1. The Balaban J connectivity index is 2.39. The molecule has 1 saturated carbocycles. The van der Waals surface area contributed by atoms with E-state index in [1.54, 1.807) is 0 Å². The highest BCUT2D eigenvalue weighted by Gasteiger charge is 2.30. The number of hydrogen-bond acceptors (Lipinski definition) is 3. The van der Waals surface area contributed by atoms with Crippen LogP contribution in [0.15, 0.2) is 24.8 Å². The molecule has 0 unspecified atom stereocenters. The zero-order valence-corrected chi connectivity index (χ0v) is 13.2. The lowest BCUT2D eigenvalue weighted by atomic mass is 9.90. The minimum atomic E-state index is 0.0713. The van der Waals surface area contributed by atoms with Crippen LogP contribution in [0.2, 0.25) is 0 Å². The van der Waals surface area contributed by atoms with Crippen molar-refractivity contribution in [3.63, 3.8) is 0 Å². The van der Waals surface area contributed by atoms with E-state index in [4.69, 9.17) is 4.98 Å². The third kappa shape index (κ3) is 3.60. The Labute approximate surface area is 123 Å². The number of aromatic nitrogens is 1. The largest absolute Gasteiger partial charge is 0.350 e. The SMILES string of the molecule is C=CCN(c1cc(CNC)cc(C(C)(C)C)n1)C1CC1. The molecule has 1 fully saturated rings. The maximum absolute atomic E-state index is 4.92. The monoisotopic (exact) mass is 273 g/mol. The first-order valence-corrected chi connectivity index (χ1v) is 7.49. The number of pyridine rings is 1. The normalized spacial score (nSPS) is 15.2. The highest BCUT2D eigenvalue weighted by Crippen LogP contribution is 2.32. The lowest BCUT2D eigenvalue weighted by Crippen LogP contribution is -2.28. The van der Waals surface area contributed by atoms with Crippen molar-refractivity contribution in [2.45, 2.75) is 51.6 Å². The summed E-state index contributed by atoms with van der Waals surface area (Å²) in [7, 11) is 1.99. The first kappa shape index (κ1) is 15.0. The minimum absolute atomic E-state index is 0.0713. The molecule has 110 valence electrons. The van der Waals surface area contributed by atoms with Crippen molar-refractivity contribution in [3.8, 4) is 0 Å². The van der Waals surface area contributed by atoms with Gasteiger partial charge in [0.05, 0.1) is 0 Å². The van der Waals surface area contributed by atoms with Gasteiger partial charge in [0.25, 0.3) is 0 Å². The molecule has 1 aromatic rings. The molecule has 1 aromatic heterocycles. The van der Waals surface area contributed by atoms with Crippen molar-refractivity contribution in [2.24, 2.45) is 0 Å². The lowest BCUT2D eigenvalue weighted by molar-refractivity contribution is 0.566. The molecule has 0 radical (unpaired) electrons. The van der Waals surface area contributed by atoms with E-state index >= 15 is 0 Å². The van der Waals surface area contributed by atoms with Gasteiger partial charge in [0.1, 0.15) is 5.82 Å². The third-order valence-electron chi connectivity index (χ3n) is 3.63. The van der Waals surface area contributed by atoms with Crippen molar-refractivity contribution in [1.82, 2.24) is 10.3 Å². The van der Waals surface area contributed by atoms with Crippen LogP contribution in [-0.4, -0.2) is 24.6 Å². The van der Waals surface area contributed by atoms with Crippen molar-refractivity contribution in [2.75, 3.05) is 18.5 Å². The Kier molecular flexibility index (Phi) is 4.48. The number of rotatable bonds is 6. The summed E-state index contributed by atoms with van der Waals surface area (Å²) in [6.07, 6.45) is 4.52. The van der Waals surface area contributed by atoms with Crippen LogP contribution in [0.3, 0.4) is 0 Å². The molecule has 1 aliphatic carbocycles. The Morgan fingerprint density at radius 3 is 2.60 bits per heavy atom. The fourth-order valence-corrected chi connectivity index (χ4v) is 2.36. The van der Waals surface area contributed by atoms with Crippen molar-refractivity contribution >= 4 is 5.82 Å².